The van der Waals surface area contributed by atoms with E-state index < -0.39 is 5.69 Å². The highest BCUT2D eigenvalue weighted by molar-refractivity contribution is 9.10. The summed E-state index contributed by atoms with van der Waals surface area (Å²) in [4.78, 5) is 15.7. The van der Waals surface area contributed by atoms with Crippen LogP contribution in [-0.2, 0) is 7.05 Å². The fourth-order valence-corrected chi connectivity index (χ4v) is 2.26. The molecule has 19 heavy (non-hydrogen) atoms. The number of benzene rings is 1. The second-order valence-electron chi connectivity index (χ2n) is 4.11. The van der Waals surface area contributed by atoms with E-state index in [9.17, 15) is 4.79 Å². The number of hydrogen-bond acceptors (Lipinski definition) is 4. The normalized spacial score (nSPS) is 11.1. The molecule has 1 aromatic carbocycles. The average Bonchev–Trinajstić information content (AvgIpc) is 2.80. The third-order valence-corrected chi connectivity index (χ3v) is 3.42. The summed E-state index contributed by atoms with van der Waals surface area (Å²) in [6.07, 6.45) is 1.61. The lowest BCUT2D eigenvalue weighted by atomic mass is 10.3. The van der Waals surface area contributed by atoms with Gasteiger partial charge >= 0.3 is 5.69 Å². The van der Waals surface area contributed by atoms with Crippen molar-refractivity contribution in [2.75, 3.05) is 5.73 Å². The van der Waals surface area contributed by atoms with Crippen LogP contribution in [0, 0.1) is 0 Å². The van der Waals surface area contributed by atoms with Gasteiger partial charge < -0.3 is 5.73 Å². The summed E-state index contributed by atoms with van der Waals surface area (Å²) in [5.41, 5.74) is 6.77. The zero-order valence-corrected chi connectivity index (χ0v) is 11.6. The van der Waals surface area contributed by atoms with Crippen molar-refractivity contribution in [3.8, 4) is 5.69 Å². The van der Waals surface area contributed by atoms with Gasteiger partial charge in [-0.05, 0) is 18.2 Å². The van der Waals surface area contributed by atoms with Gasteiger partial charge in [0.15, 0.2) is 5.65 Å². The molecule has 2 heterocycles. The van der Waals surface area contributed by atoms with E-state index in [0.29, 0.717) is 16.9 Å². The van der Waals surface area contributed by atoms with Crippen LogP contribution in [0.15, 0.2) is 39.7 Å². The maximum absolute atomic E-state index is 11.7. The molecular weight excluding hydrogens is 310 g/mol. The summed E-state index contributed by atoms with van der Waals surface area (Å²) in [7, 11) is 1.58. The lowest BCUT2D eigenvalue weighted by Crippen LogP contribution is -2.23. The number of hydrogen-bond donors (Lipinski definition) is 1. The van der Waals surface area contributed by atoms with E-state index in [0.717, 1.165) is 10.2 Å². The standard InChI is InChI=1S/C12H10BrN5O/c1-17-10(14)9-6-15-18(11(9)16-12(17)19)8-4-2-3-7(13)5-8/h2-6H,14H2,1H3. The zero-order valence-electron chi connectivity index (χ0n) is 10.0. The number of halogens is 1. The predicted octanol–water partition coefficient (Wildman–Crippen LogP) is 1.46. The maximum Gasteiger partial charge on any atom is 0.350 e. The Morgan fingerprint density at radius 1 is 1.37 bits per heavy atom. The van der Waals surface area contributed by atoms with Gasteiger partial charge in [-0.2, -0.15) is 10.1 Å². The summed E-state index contributed by atoms with van der Waals surface area (Å²) >= 11 is 3.40. The Morgan fingerprint density at radius 2 is 2.16 bits per heavy atom. The fraction of sp³-hybridized carbons (Fsp3) is 0.0833. The smallest absolute Gasteiger partial charge is 0.350 e. The van der Waals surface area contributed by atoms with Gasteiger partial charge in [0.05, 0.1) is 17.3 Å². The molecule has 3 rings (SSSR count). The molecule has 0 saturated heterocycles. The average molecular weight is 320 g/mol. The van der Waals surface area contributed by atoms with Crippen LogP contribution in [0.5, 0.6) is 0 Å². The van der Waals surface area contributed by atoms with E-state index in [2.05, 4.69) is 26.0 Å². The molecule has 6 nitrogen and oxygen atoms in total. The van der Waals surface area contributed by atoms with Crippen molar-refractivity contribution < 1.29 is 0 Å². The fourth-order valence-electron chi connectivity index (χ4n) is 1.88. The van der Waals surface area contributed by atoms with Gasteiger partial charge in [0.1, 0.15) is 5.82 Å². The highest BCUT2D eigenvalue weighted by Gasteiger charge is 2.12. The predicted molar refractivity (Wildman–Crippen MR) is 76.2 cm³/mol. The Labute approximate surface area is 116 Å². The van der Waals surface area contributed by atoms with Crippen LogP contribution in [0.25, 0.3) is 16.7 Å². The number of nitrogens with zero attached hydrogens (tertiary/aromatic N) is 4. The molecule has 0 radical (unpaired) electrons. The molecular formula is C12H10BrN5O. The lowest BCUT2D eigenvalue weighted by molar-refractivity contribution is 0.824. The van der Waals surface area contributed by atoms with Crippen LogP contribution in [0.3, 0.4) is 0 Å². The first-order valence-electron chi connectivity index (χ1n) is 5.54. The van der Waals surface area contributed by atoms with E-state index in [1.165, 1.54) is 4.57 Å². The molecule has 0 bridgehead atoms. The second-order valence-corrected chi connectivity index (χ2v) is 5.03. The lowest BCUT2D eigenvalue weighted by Gasteiger charge is -2.05. The second kappa shape index (κ2) is 4.20. The molecule has 2 aromatic heterocycles. The van der Waals surface area contributed by atoms with Crippen molar-refractivity contribution in [3.63, 3.8) is 0 Å². The Bertz CT molecular complexity index is 836. The van der Waals surface area contributed by atoms with Gasteiger partial charge in [0, 0.05) is 11.5 Å². The van der Waals surface area contributed by atoms with Gasteiger partial charge in [0.25, 0.3) is 0 Å². The molecule has 0 atom stereocenters. The number of rotatable bonds is 1. The van der Waals surface area contributed by atoms with Crippen LogP contribution in [0.4, 0.5) is 5.82 Å². The highest BCUT2D eigenvalue weighted by Crippen LogP contribution is 2.21. The third kappa shape index (κ3) is 1.82. The largest absolute Gasteiger partial charge is 0.384 e. The topological polar surface area (TPSA) is 78.7 Å². The van der Waals surface area contributed by atoms with Gasteiger partial charge in [-0.3, -0.25) is 4.57 Å². The molecule has 0 aliphatic rings. The van der Waals surface area contributed by atoms with E-state index in [-0.39, 0.29) is 0 Å². The van der Waals surface area contributed by atoms with Crippen molar-refractivity contribution in [2.24, 2.45) is 7.05 Å². The van der Waals surface area contributed by atoms with Crippen LogP contribution in [0.2, 0.25) is 0 Å². The minimum absolute atomic E-state index is 0.358. The molecule has 0 amide bonds. The third-order valence-electron chi connectivity index (χ3n) is 2.92. The number of nitrogen functional groups attached to an aromatic ring is 1. The molecule has 7 heteroatoms. The van der Waals surface area contributed by atoms with Crippen molar-refractivity contribution in [1.29, 1.82) is 0 Å². The van der Waals surface area contributed by atoms with Crippen LogP contribution in [-0.4, -0.2) is 19.3 Å². The van der Waals surface area contributed by atoms with Gasteiger partial charge in [-0.15, -0.1) is 0 Å². The molecule has 3 aromatic rings. The molecule has 2 N–H and O–H groups in total. The van der Waals surface area contributed by atoms with Gasteiger partial charge in [0.2, 0.25) is 0 Å². The molecule has 0 saturated carbocycles. The number of anilines is 1. The Kier molecular flexibility index (Phi) is 2.63. The molecule has 0 fully saturated rings. The van der Waals surface area contributed by atoms with E-state index in [1.54, 1.807) is 17.9 Å². The van der Waals surface area contributed by atoms with Crippen molar-refractivity contribution in [3.05, 3.63) is 45.4 Å². The Morgan fingerprint density at radius 3 is 2.89 bits per heavy atom. The van der Waals surface area contributed by atoms with E-state index in [4.69, 9.17) is 5.73 Å². The maximum atomic E-state index is 11.7. The first kappa shape index (κ1) is 11.9. The van der Waals surface area contributed by atoms with Crippen LogP contribution >= 0.6 is 15.9 Å². The highest BCUT2D eigenvalue weighted by atomic mass is 79.9. The summed E-state index contributed by atoms with van der Waals surface area (Å²) in [6.45, 7) is 0. The first-order valence-corrected chi connectivity index (χ1v) is 6.33. The van der Waals surface area contributed by atoms with Crippen LogP contribution in [0.1, 0.15) is 0 Å². The quantitative estimate of drug-likeness (QED) is 0.736. The van der Waals surface area contributed by atoms with Gasteiger partial charge in [-0.1, -0.05) is 22.0 Å². The first-order chi connectivity index (χ1) is 9.08. The summed E-state index contributed by atoms with van der Waals surface area (Å²) in [5, 5.41) is 4.91. The number of aromatic nitrogens is 4. The molecule has 96 valence electrons. The summed E-state index contributed by atoms with van der Waals surface area (Å²) in [6, 6.07) is 7.57. The van der Waals surface area contributed by atoms with Crippen molar-refractivity contribution in [1.82, 2.24) is 19.3 Å². The number of nitrogens with two attached hydrogens (primary N) is 1. The van der Waals surface area contributed by atoms with E-state index >= 15 is 0 Å². The van der Waals surface area contributed by atoms with Gasteiger partial charge in [-0.25, -0.2) is 9.48 Å². The molecule has 0 unspecified atom stereocenters. The summed E-state index contributed by atoms with van der Waals surface area (Å²) in [5.74, 6) is 0.358. The zero-order chi connectivity index (χ0) is 13.6. The monoisotopic (exact) mass is 319 g/mol. The molecule has 0 aliphatic heterocycles. The Balaban J connectivity index is 2.35. The SMILES string of the molecule is Cn1c(N)c2cnn(-c3cccc(Br)c3)c2nc1=O. The van der Waals surface area contributed by atoms with Crippen molar-refractivity contribution >= 4 is 32.8 Å². The van der Waals surface area contributed by atoms with Crippen LogP contribution < -0.4 is 11.4 Å². The minimum Gasteiger partial charge on any atom is -0.384 e. The molecule has 0 spiro atoms. The molecule has 0 aliphatic carbocycles. The minimum atomic E-state index is -0.401. The Hall–Kier alpha value is -2.15. The summed E-state index contributed by atoms with van der Waals surface area (Å²) < 4.78 is 3.82. The van der Waals surface area contributed by atoms with Crippen molar-refractivity contribution in [2.45, 2.75) is 0 Å². The van der Waals surface area contributed by atoms with E-state index in [1.807, 2.05) is 24.3 Å². The number of fused-ring (bicyclic) bond motifs is 1.